The van der Waals surface area contributed by atoms with E-state index in [9.17, 15) is 17.6 Å². The Hall–Kier alpha value is -1.51. The van der Waals surface area contributed by atoms with E-state index in [0.29, 0.717) is 19.6 Å². The van der Waals surface area contributed by atoms with Crippen molar-refractivity contribution < 1.29 is 17.6 Å². The van der Waals surface area contributed by atoms with Gasteiger partial charge in [-0.3, -0.25) is 4.79 Å². The average Bonchev–Trinajstić information content (AvgIpc) is 3.26. The monoisotopic (exact) mass is 355 g/mol. The van der Waals surface area contributed by atoms with E-state index in [4.69, 9.17) is 0 Å². The molecule has 0 saturated carbocycles. The minimum atomic E-state index is -3.78. The summed E-state index contributed by atoms with van der Waals surface area (Å²) in [5.74, 6) is -1.16. The molecule has 1 amide bonds. The fourth-order valence-electron chi connectivity index (χ4n) is 3.23. The highest BCUT2D eigenvalue weighted by atomic mass is 32.2. The zero-order valence-corrected chi connectivity index (χ0v) is 14.5. The fourth-order valence-corrected chi connectivity index (χ4v) is 4.63. The molecule has 0 bridgehead atoms. The van der Waals surface area contributed by atoms with Crippen molar-refractivity contribution in [1.82, 2.24) is 14.5 Å². The Bertz CT molecular complexity index is 726. The normalized spacial score (nSPS) is 21.6. The van der Waals surface area contributed by atoms with Gasteiger partial charge in [-0.2, -0.15) is 4.31 Å². The van der Waals surface area contributed by atoms with Crippen LogP contribution in [0.5, 0.6) is 0 Å². The van der Waals surface area contributed by atoms with Crippen molar-refractivity contribution in [2.45, 2.75) is 30.2 Å². The Balaban J connectivity index is 1.84. The number of amides is 1. The lowest BCUT2D eigenvalue weighted by molar-refractivity contribution is 0.0788. The molecule has 0 radical (unpaired) electrons. The van der Waals surface area contributed by atoms with Crippen LogP contribution in [0.25, 0.3) is 0 Å². The van der Waals surface area contributed by atoms with Crippen molar-refractivity contribution in [3.05, 3.63) is 29.6 Å². The molecule has 3 rings (SSSR count). The molecule has 1 aromatic rings. The number of nitrogens with one attached hydrogen (secondary N) is 1. The Labute approximate surface area is 141 Å². The number of sulfonamides is 1. The van der Waals surface area contributed by atoms with E-state index in [0.717, 1.165) is 31.9 Å². The quantitative estimate of drug-likeness (QED) is 0.876. The standard InChI is InChI=1S/C16H22FN3O3S/c1-19(12-6-7-18-11-12)24(22,23)13-4-5-14(15(17)10-13)16(21)20-8-2-3-9-20/h4-5,10,12,18H,2-3,6-9,11H2,1H3. The second-order valence-corrected chi connectivity index (χ2v) is 8.31. The van der Waals surface area contributed by atoms with Gasteiger partial charge in [-0.05, 0) is 44.0 Å². The number of likely N-dealkylation sites (N-methyl/N-ethyl adjacent to an activating group) is 1. The molecule has 1 unspecified atom stereocenters. The van der Waals surface area contributed by atoms with Gasteiger partial charge >= 0.3 is 0 Å². The van der Waals surface area contributed by atoms with E-state index in [1.165, 1.54) is 23.5 Å². The summed E-state index contributed by atoms with van der Waals surface area (Å²) >= 11 is 0. The summed E-state index contributed by atoms with van der Waals surface area (Å²) in [6.07, 6.45) is 2.56. The molecule has 2 heterocycles. The van der Waals surface area contributed by atoms with Crippen LogP contribution in [0.15, 0.2) is 23.1 Å². The number of hydrogen-bond donors (Lipinski definition) is 1. The van der Waals surface area contributed by atoms with E-state index in [1.807, 2.05) is 0 Å². The van der Waals surface area contributed by atoms with Crippen LogP contribution in [0, 0.1) is 5.82 Å². The molecule has 1 N–H and O–H groups in total. The molecule has 0 aromatic heterocycles. The molecule has 1 aromatic carbocycles. The maximum Gasteiger partial charge on any atom is 0.256 e. The van der Waals surface area contributed by atoms with Gasteiger partial charge in [0.25, 0.3) is 5.91 Å². The minimum Gasteiger partial charge on any atom is -0.339 e. The molecular formula is C16H22FN3O3S. The highest BCUT2D eigenvalue weighted by Gasteiger charge is 2.31. The number of carbonyl (C=O) groups excluding carboxylic acids is 1. The third-order valence-corrected chi connectivity index (χ3v) is 6.70. The summed E-state index contributed by atoms with van der Waals surface area (Å²) < 4.78 is 41.0. The molecule has 2 saturated heterocycles. The van der Waals surface area contributed by atoms with Gasteiger partial charge in [-0.25, -0.2) is 12.8 Å². The first-order chi connectivity index (χ1) is 11.4. The Kier molecular flexibility index (Phi) is 4.89. The molecule has 24 heavy (non-hydrogen) atoms. The van der Waals surface area contributed by atoms with E-state index in [1.54, 1.807) is 4.90 Å². The van der Waals surface area contributed by atoms with Crippen LogP contribution in [0.2, 0.25) is 0 Å². The Morgan fingerprint density at radius 2 is 2.04 bits per heavy atom. The fraction of sp³-hybridized carbons (Fsp3) is 0.562. The maximum atomic E-state index is 14.4. The molecular weight excluding hydrogens is 333 g/mol. The van der Waals surface area contributed by atoms with Crippen LogP contribution < -0.4 is 5.32 Å². The van der Waals surface area contributed by atoms with Crippen molar-refractivity contribution >= 4 is 15.9 Å². The summed E-state index contributed by atoms with van der Waals surface area (Å²) in [4.78, 5) is 13.8. The molecule has 0 aliphatic carbocycles. The minimum absolute atomic E-state index is 0.0685. The molecule has 2 aliphatic rings. The maximum absolute atomic E-state index is 14.4. The van der Waals surface area contributed by atoms with Crippen molar-refractivity contribution in [3.8, 4) is 0 Å². The van der Waals surface area contributed by atoms with Crippen molar-refractivity contribution in [2.24, 2.45) is 0 Å². The molecule has 2 fully saturated rings. The molecule has 2 aliphatic heterocycles. The molecule has 8 heteroatoms. The third-order valence-electron chi connectivity index (χ3n) is 4.79. The van der Waals surface area contributed by atoms with Gasteiger partial charge in [0.05, 0.1) is 10.5 Å². The van der Waals surface area contributed by atoms with Crippen molar-refractivity contribution in [2.75, 3.05) is 33.2 Å². The summed E-state index contributed by atoms with van der Waals surface area (Å²) in [5, 5.41) is 3.11. The molecule has 0 spiro atoms. The lowest BCUT2D eigenvalue weighted by Crippen LogP contribution is -2.38. The van der Waals surface area contributed by atoms with Crippen LogP contribution in [-0.4, -0.2) is 62.8 Å². The number of rotatable bonds is 4. The second-order valence-electron chi connectivity index (χ2n) is 6.31. The van der Waals surface area contributed by atoms with Crippen molar-refractivity contribution in [3.63, 3.8) is 0 Å². The average molecular weight is 355 g/mol. The van der Waals surface area contributed by atoms with Gasteiger partial charge in [0.15, 0.2) is 0 Å². The predicted molar refractivity (Wildman–Crippen MR) is 87.8 cm³/mol. The topological polar surface area (TPSA) is 69.7 Å². The van der Waals surface area contributed by atoms with Crippen LogP contribution in [-0.2, 0) is 10.0 Å². The van der Waals surface area contributed by atoms with Gasteiger partial charge in [-0.15, -0.1) is 0 Å². The molecule has 6 nitrogen and oxygen atoms in total. The van der Waals surface area contributed by atoms with Gasteiger partial charge in [-0.1, -0.05) is 0 Å². The zero-order chi connectivity index (χ0) is 17.3. The predicted octanol–water partition coefficient (Wildman–Crippen LogP) is 1.04. The molecule has 1 atom stereocenters. The highest BCUT2D eigenvalue weighted by Crippen LogP contribution is 2.23. The SMILES string of the molecule is CN(C1CCNC1)S(=O)(=O)c1ccc(C(=O)N2CCCC2)c(F)c1. The van der Waals surface area contributed by atoms with Gasteiger partial charge < -0.3 is 10.2 Å². The summed E-state index contributed by atoms with van der Waals surface area (Å²) in [7, 11) is -2.27. The number of carbonyl (C=O) groups is 1. The van der Waals surface area contributed by atoms with Crippen LogP contribution in [0.1, 0.15) is 29.6 Å². The number of benzene rings is 1. The van der Waals surface area contributed by atoms with Crippen LogP contribution >= 0.6 is 0 Å². The van der Waals surface area contributed by atoms with E-state index in [2.05, 4.69) is 5.32 Å². The number of halogens is 1. The van der Waals surface area contributed by atoms with E-state index < -0.39 is 15.8 Å². The van der Waals surface area contributed by atoms with E-state index >= 15 is 0 Å². The van der Waals surface area contributed by atoms with Crippen LogP contribution in [0.3, 0.4) is 0 Å². The highest BCUT2D eigenvalue weighted by molar-refractivity contribution is 7.89. The number of nitrogens with zero attached hydrogens (tertiary/aromatic N) is 2. The first-order valence-electron chi connectivity index (χ1n) is 8.19. The van der Waals surface area contributed by atoms with Crippen molar-refractivity contribution in [1.29, 1.82) is 0 Å². The lowest BCUT2D eigenvalue weighted by Gasteiger charge is -2.23. The van der Waals surface area contributed by atoms with Gasteiger partial charge in [0, 0.05) is 32.7 Å². The number of likely N-dealkylation sites (tertiary alicyclic amines) is 1. The third kappa shape index (κ3) is 3.18. The zero-order valence-electron chi connectivity index (χ0n) is 13.7. The first-order valence-corrected chi connectivity index (χ1v) is 9.63. The van der Waals surface area contributed by atoms with Crippen LogP contribution in [0.4, 0.5) is 4.39 Å². The number of hydrogen-bond acceptors (Lipinski definition) is 4. The van der Waals surface area contributed by atoms with Gasteiger partial charge in [0.2, 0.25) is 10.0 Å². The largest absolute Gasteiger partial charge is 0.339 e. The summed E-state index contributed by atoms with van der Waals surface area (Å²) in [6.45, 7) is 2.59. The van der Waals surface area contributed by atoms with E-state index in [-0.39, 0.29) is 22.4 Å². The lowest BCUT2D eigenvalue weighted by atomic mass is 10.2. The smallest absolute Gasteiger partial charge is 0.256 e. The second kappa shape index (κ2) is 6.78. The molecule has 132 valence electrons. The summed E-state index contributed by atoms with van der Waals surface area (Å²) in [5.41, 5.74) is -0.0685. The Morgan fingerprint density at radius 3 is 2.62 bits per heavy atom. The van der Waals surface area contributed by atoms with Gasteiger partial charge in [0.1, 0.15) is 5.82 Å². The summed E-state index contributed by atoms with van der Waals surface area (Å²) in [6, 6.07) is 3.42. The first kappa shape index (κ1) is 17.3. The Morgan fingerprint density at radius 1 is 1.33 bits per heavy atom.